The van der Waals surface area contributed by atoms with Crippen molar-refractivity contribution in [2.75, 3.05) is 12.4 Å². The van der Waals surface area contributed by atoms with E-state index in [9.17, 15) is 8.78 Å². The lowest BCUT2D eigenvalue weighted by Gasteiger charge is -2.29. The summed E-state index contributed by atoms with van der Waals surface area (Å²) in [5, 5.41) is 11.7. The van der Waals surface area contributed by atoms with Crippen LogP contribution in [0.2, 0.25) is 0 Å². The second-order valence-corrected chi connectivity index (χ2v) is 4.78. The minimum absolute atomic E-state index is 0.193. The van der Waals surface area contributed by atoms with Crippen molar-refractivity contribution < 1.29 is 13.5 Å². The monoisotopic (exact) mass is 266 g/mol. The zero-order valence-electron chi connectivity index (χ0n) is 10.7. The highest BCUT2D eigenvalue weighted by Crippen LogP contribution is 2.25. The number of hydrogen-bond donors (Lipinski definition) is 1. The van der Waals surface area contributed by atoms with Crippen LogP contribution in [-0.4, -0.2) is 19.3 Å². The van der Waals surface area contributed by atoms with Crippen molar-refractivity contribution in [2.45, 2.75) is 37.8 Å². The minimum Gasteiger partial charge on any atom is -0.382 e. The van der Waals surface area contributed by atoms with Gasteiger partial charge in [-0.15, -0.1) is 0 Å². The Balaban J connectivity index is 2.03. The van der Waals surface area contributed by atoms with Gasteiger partial charge in [0.25, 0.3) is 0 Å². The lowest BCUT2D eigenvalue weighted by molar-refractivity contribution is 0.0682. The summed E-state index contributed by atoms with van der Waals surface area (Å²) in [6.07, 6.45) is 3.97. The van der Waals surface area contributed by atoms with Crippen LogP contribution in [0.3, 0.4) is 0 Å². The number of hydrogen-bond acceptors (Lipinski definition) is 3. The molecule has 0 saturated heterocycles. The van der Waals surface area contributed by atoms with Gasteiger partial charge in [-0.1, -0.05) is 0 Å². The smallest absolute Gasteiger partial charge is 0.146 e. The van der Waals surface area contributed by atoms with E-state index < -0.39 is 17.2 Å². The Kier molecular flexibility index (Phi) is 4.33. The van der Waals surface area contributed by atoms with E-state index in [0.29, 0.717) is 5.69 Å². The average Bonchev–Trinajstić information content (AvgIpc) is 2.39. The molecule has 0 atom stereocenters. The van der Waals surface area contributed by atoms with Gasteiger partial charge >= 0.3 is 0 Å². The molecule has 5 heteroatoms. The molecular weight excluding hydrogens is 250 g/mol. The van der Waals surface area contributed by atoms with Gasteiger partial charge in [-0.25, -0.2) is 8.78 Å². The third-order valence-corrected chi connectivity index (χ3v) is 3.53. The lowest BCUT2D eigenvalue weighted by Crippen LogP contribution is -2.29. The molecule has 3 nitrogen and oxygen atoms in total. The molecule has 0 spiro atoms. The number of nitriles is 1. The highest BCUT2D eigenvalue weighted by Gasteiger charge is 2.21. The zero-order chi connectivity index (χ0) is 13.8. The first-order valence-corrected chi connectivity index (χ1v) is 6.32. The van der Waals surface area contributed by atoms with Gasteiger partial charge in [0, 0.05) is 18.8 Å². The SMILES string of the molecule is COC1CCC(Nc2cc(F)c(C#N)c(F)c2)CC1. The van der Waals surface area contributed by atoms with Crippen LogP contribution in [-0.2, 0) is 4.74 Å². The molecule has 19 heavy (non-hydrogen) atoms. The molecule has 0 aliphatic heterocycles. The zero-order valence-corrected chi connectivity index (χ0v) is 10.7. The fraction of sp³-hybridized carbons (Fsp3) is 0.500. The highest BCUT2D eigenvalue weighted by atomic mass is 19.1. The van der Waals surface area contributed by atoms with Crippen molar-refractivity contribution in [3.8, 4) is 6.07 Å². The van der Waals surface area contributed by atoms with Gasteiger partial charge < -0.3 is 10.1 Å². The number of benzene rings is 1. The summed E-state index contributed by atoms with van der Waals surface area (Å²) in [4.78, 5) is 0. The van der Waals surface area contributed by atoms with Crippen LogP contribution < -0.4 is 5.32 Å². The van der Waals surface area contributed by atoms with Crippen molar-refractivity contribution in [3.05, 3.63) is 29.3 Å². The molecule has 0 bridgehead atoms. The maximum Gasteiger partial charge on any atom is 0.146 e. The summed E-state index contributed by atoms with van der Waals surface area (Å²) < 4.78 is 32.2. The molecule has 1 N–H and O–H groups in total. The molecular formula is C14H16F2N2O. The van der Waals surface area contributed by atoms with Crippen LogP contribution in [0.1, 0.15) is 31.2 Å². The number of anilines is 1. The minimum atomic E-state index is -0.824. The first-order chi connectivity index (χ1) is 9.13. The van der Waals surface area contributed by atoms with E-state index >= 15 is 0 Å². The molecule has 102 valence electrons. The maximum absolute atomic E-state index is 13.5. The third kappa shape index (κ3) is 3.21. The van der Waals surface area contributed by atoms with Gasteiger partial charge in [0.15, 0.2) is 0 Å². The summed E-state index contributed by atoms with van der Waals surface area (Å²) >= 11 is 0. The molecule has 1 aromatic carbocycles. The Morgan fingerprint density at radius 2 is 1.79 bits per heavy atom. The standard InChI is InChI=1S/C14H16F2N2O/c1-19-11-4-2-9(3-5-11)18-10-6-13(15)12(8-17)14(16)7-10/h6-7,9,11,18H,2-5H2,1H3. The Labute approximate surface area is 111 Å². The van der Waals surface area contributed by atoms with E-state index in [4.69, 9.17) is 10.00 Å². The van der Waals surface area contributed by atoms with E-state index in [1.54, 1.807) is 7.11 Å². The van der Waals surface area contributed by atoms with Crippen LogP contribution in [0.5, 0.6) is 0 Å². The van der Waals surface area contributed by atoms with Crippen LogP contribution in [0.25, 0.3) is 0 Å². The summed E-state index contributed by atoms with van der Waals surface area (Å²) in [6, 6.07) is 4.05. The summed E-state index contributed by atoms with van der Waals surface area (Å²) in [5.41, 5.74) is -0.150. The van der Waals surface area contributed by atoms with Crippen LogP contribution >= 0.6 is 0 Å². The molecule has 1 aromatic rings. The van der Waals surface area contributed by atoms with Gasteiger partial charge in [0.1, 0.15) is 23.3 Å². The molecule has 0 aromatic heterocycles. The van der Waals surface area contributed by atoms with Crippen LogP contribution in [0.15, 0.2) is 12.1 Å². The Hall–Kier alpha value is -1.67. The van der Waals surface area contributed by atoms with Gasteiger partial charge in [-0.05, 0) is 37.8 Å². The summed E-state index contributed by atoms with van der Waals surface area (Å²) in [5.74, 6) is -1.65. The number of nitrogens with one attached hydrogen (secondary N) is 1. The van der Waals surface area contributed by atoms with E-state index in [1.165, 1.54) is 18.2 Å². The molecule has 1 fully saturated rings. The molecule has 0 heterocycles. The van der Waals surface area contributed by atoms with E-state index in [0.717, 1.165) is 25.7 Å². The number of rotatable bonds is 3. The maximum atomic E-state index is 13.5. The number of halogens is 2. The van der Waals surface area contributed by atoms with Crippen LogP contribution in [0, 0.1) is 23.0 Å². The molecule has 0 amide bonds. The second-order valence-electron chi connectivity index (χ2n) is 4.78. The quantitative estimate of drug-likeness (QED) is 0.913. The van der Waals surface area contributed by atoms with Crippen molar-refractivity contribution in [2.24, 2.45) is 0 Å². The average molecular weight is 266 g/mol. The first kappa shape index (κ1) is 13.8. The summed E-state index contributed by atoms with van der Waals surface area (Å²) in [6.45, 7) is 0. The highest BCUT2D eigenvalue weighted by molar-refractivity contribution is 5.49. The number of methoxy groups -OCH3 is 1. The first-order valence-electron chi connectivity index (χ1n) is 6.32. The second kappa shape index (κ2) is 5.98. The third-order valence-electron chi connectivity index (χ3n) is 3.53. The summed E-state index contributed by atoms with van der Waals surface area (Å²) in [7, 11) is 1.70. The topological polar surface area (TPSA) is 45.0 Å². The van der Waals surface area contributed by atoms with Crippen LogP contribution in [0.4, 0.5) is 14.5 Å². The molecule has 1 saturated carbocycles. The van der Waals surface area contributed by atoms with Crippen molar-refractivity contribution in [3.63, 3.8) is 0 Å². The fourth-order valence-electron chi connectivity index (χ4n) is 2.44. The molecule has 0 radical (unpaired) electrons. The molecule has 1 aliphatic rings. The Morgan fingerprint density at radius 3 is 2.26 bits per heavy atom. The van der Waals surface area contributed by atoms with Gasteiger partial charge in [-0.2, -0.15) is 5.26 Å². The number of nitrogens with zero attached hydrogens (tertiary/aromatic N) is 1. The Bertz CT molecular complexity index is 468. The van der Waals surface area contributed by atoms with Gasteiger partial charge in [0.05, 0.1) is 6.10 Å². The largest absolute Gasteiger partial charge is 0.382 e. The lowest BCUT2D eigenvalue weighted by atomic mass is 9.93. The predicted molar refractivity (Wildman–Crippen MR) is 67.7 cm³/mol. The molecule has 2 rings (SSSR count). The normalized spacial score (nSPS) is 22.8. The number of ether oxygens (including phenoxy) is 1. The van der Waals surface area contributed by atoms with Gasteiger partial charge in [-0.3, -0.25) is 0 Å². The molecule has 1 aliphatic carbocycles. The van der Waals surface area contributed by atoms with E-state index in [-0.39, 0.29) is 12.1 Å². The Morgan fingerprint density at radius 1 is 1.21 bits per heavy atom. The van der Waals surface area contributed by atoms with Crippen molar-refractivity contribution in [1.29, 1.82) is 5.26 Å². The predicted octanol–water partition coefficient (Wildman–Crippen LogP) is 3.21. The van der Waals surface area contributed by atoms with Crippen molar-refractivity contribution >= 4 is 5.69 Å². The van der Waals surface area contributed by atoms with E-state index in [1.807, 2.05) is 0 Å². The fourth-order valence-corrected chi connectivity index (χ4v) is 2.44. The van der Waals surface area contributed by atoms with Gasteiger partial charge in [0.2, 0.25) is 0 Å². The van der Waals surface area contributed by atoms with E-state index in [2.05, 4.69) is 5.32 Å². The van der Waals surface area contributed by atoms with Crippen molar-refractivity contribution in [1.82, 2.24) is 0 Å². The molecule has 0 unspecified atom stereocenters.